The van der Waals surface area contributed by atoms with E-state index in [1.807, 2.05) is 16.7 Å². The van der Waals surface area contributed by atoms with Crippen molar-refractivity contribution >= 4 is 45.2 Å². The number of amides is 1. The minimum Gasteiger partial charge on any atom is -0.337 e. The number of carbonyl (C=O) groups excluding carboxylic acids is 1. The first-order valence-electron chi connectivity index (χ1n) is 5.00. The van der Waals surface area contributed by atoms with Crippen molar-refractivity contribution in [2.45, 2.75) is 0 Å². The largest absolute Gasteiger partial charge is 0.337 e. The Morgan fingerprint density at radius 3 is 2.69 bits per heavy atom. The fraction of sp³-hybridized carbons (Fsp3) is 0.364. The number of thioether (sulfide) groups is 1. The molecule has 1 heterocycles. The summed E-state index contributed by atoms with van der Waals surface area (Å²) in [5.74, 6) is 2.15. The van der Waals surface area contributed by atoms with Crippen LogP contribution in [0.25, 0.3) is 0 Å². The van der Waals surface area contributed by atoms with E-state index < -0.39 is 0 Å². The summed E-state index contributed by atoms with van der Waals surface area (Å²) in [4.78, 5) is 14.0. The molecule has 0 unspecified atom stereocenters. The van der Waals surface area contributed by atoms with E-state index in [0.29, 0.717) is 10.6 Å². The van der Waals surface area contributed by atoms with Gasteiger partial charge >= 0.3 is 0 Å². The van der Waals surface area contributed by atoms with Crippen LogP contribution in [0.2, 0.25) is 5.02 Å². The minimum absolute atomic E-state index is 0.0951. The Balaban J connectivity index is 2.16. The molecule has 1 fully saturated rings. The molecule has 86 valence electrons. The summed E-state index contributed by atoms with van der Waals surface area (Å²) in [5.41, 5.74) is 0.697. The fourth-order valence-electron chi connectivity index (χ4n) is 1.58. The van der Waals surface area contributed by atoms with E-state index in [1.54, 1.807) is 18.2 Å². The number of rotatable bonds is 1. The molecule has 1 aliphatic heterocycles. The van der Waals surface area contributed by atoms with E-state index in [1.165, 1.54) is 0 Å². The van der Waals surface area contributed by atoms with Gasteiger partial charge in [-0.25, -0.2) is 0 Å². The summed E-state index contributed by atoms with van der Waals surface area (Å²) in [5, 5.41) is 0.630. The highest BCUT2D eigenvalue weighted by Crippen LogP contribution is 2.24. The lowest BCUT2D eigenvalue weighted by atomic mass is 10.2. The maximum atomic E-state index is 12.1. The number of halogens is 2. The summed E-state index contributed by atoms with van der Waals surface area (Å²) in [6, 6.07) is 5.31. The van der Waals surface area contributed by atoms with Gasteiger partial charge in [0.05, 0.1) is 5.02 Å². The molecule has 0 saturated carbocycles. The molecule has 0 bridgehead atoms. The van der Waals surface area contributed by atoms with Gasteiger partial charge in [-0.2, -0.15) is 11.8 Å². The minimum atomic E-state index is 0.0951. The molecule has 0 aromatic heterocycles. The zero-order valence-electron chi connectivity index (χ0n) is 8.58. The van der Waals surface area contributed by atoms with E-state index >= 15 is 0 Å². The molecule has 1 amide bonds. The molecule has 0 spiro atoms. The quantitative estimate of drug-likeness (QED) is 0.791. The van der Waals surface area contributed by atoms with Crippen molar-refractivity contribution in [1.29, 1.82) is 0 Å². The lowest BCUT2D eigenvalue weighted by molar-refractivity contribution is 0.0772. The van der Waals surface area contributed by atoms with E-state index in [-0.39, 0.29) is 5.91 Å². The van der Waals surface area contributed by atoms with Gasteiger partial charge in [-0.05, 0) is 34.1 Å². The van der Waals surface area contributed by atoms with Gasteiger partial charge < -0.3 is 4.90 Å². The van der Waals surface area contributed by atoms with Crippen molar-refractivity contribution in [2.75, 3.05) is 24.6 Å². The highest BCUT2D eigenvalue weighted by molar-refractivity contribution is 9.10. The third-order valence-corrected chi connectivity index (χ3v) is 4.62. The molecular formula is C11H11BrClNOS. The van der Waals surface area contributed by atoms with Gasteiger partial charge in [-0.1, -0.05) is 11.6 Å². The summed E-state index contributed by atoms with van der Waals surface area (Å²) in [6.07, 6.45) is 0. The molecule has 0 aliphatic carbocycles. The molecule has 16 heavy (non-hydrogen) atoms. The Labute approximate surface area is 112 Å². The number of benzene rings is 1. The van der Waals surface area contributed by atoms with Crippen molar-refractivity contribution in [1.82, 2.24) is 4.90 Å². The Kier molecular flexibility index (Phi) is 4.16. The molecular weight excluding hydrogens is 310 g/mol. The average molecular weight is 321 g/mol. The summed E-state index contributed by atoms with van der Waals surface area (Å²) in [7, 11) is 0. The number of hydrogen-bond acceptors (Lipinski definition) is 2. The Morgan fingerprint density at radius 2 is 2.06 bits per heavy atom. The first-order chi connectivity index (χ1) is 7.68. The first kappa shape index (κ1) is 12.3. The third-order valence-electron chi connectivity index (χ3n) is 2.46. The van der Waals surface area contributed by atoms with Crippen LogP contribution in [-0.4, -0.2) is 35.4 Å². The van der Waals surface area contributed by atoms with Gasteiger partial charge in [0.15, 0.2) is 0 Å². The summed E-state index contributed by atoms with van der Waals surface area (Å²) < 4.78 is 0.770. The fourth-order valence-corrected chi connectivity index (χ4v) is 2.98. The highest BCUT2D eigenvalue weighted by atomic mass is 79.9. The molecule has 1 saturated heterocycles. The Morgan fingerprint density at radius 1 is 1.38 bits per heavy atom. The van der Waals surface area contributed by atoms with Gasteiger partial charge in [0, 0.05) is 34.6 Å². The van der Waals surface area contributed by atoms with Gasteiger partial charge in [-0.15, -0.1) is 0 Å². The maximum absolute atomic E-state index is 12.1. The smallest absolute Gasteiger partial charge is 0.253 e. The SMILES string of the molecule is O=C(c1ccc(Cl)c(Br)c1)N1CCSCC1. The number of hydrogen-bond donors (Lipinski definition) is 0. The second-order valence-electron chi connectivity index (χ2n) is 3.53. The Hall–Kier alpha value is -0.190. The summed E-state index contributed by atoms with van der Waals surface area (Å²) >= 11 is 11.1. The molecule has 0 radical (unpaired) electrons. The van der Waals surface area contributed by atoms with E-state index in [2.05, 4.69) is 15.9 Å². The lowest BCUT2D eigenvalue weighted by Crippen LogP contribution is -2.37. The number of carbonyl (C=O) groups is 1. The van der Waals surface area contributed by atoms with Crippen molar-refractivity contribution in [3.63, 3.8) is 0 Å². The highest BCUT2D eigenvalue weighted by Gasteiger charge is 2.18. The van der Waals surface area contributed by atoms with Crippen molar-refractivity contribution < 1.29 is 4.79 Å². The zero-order valence-corrected chi connectivity index (χ0v) is 11.7. The predicted octanol–water partition coefficient (Wildman–Crippen LogP) is 3.29. The van der Waals surface area contributed by atoms with Crippen LogP contribution in [0.1, 0.15) is 10.4 Å². The normalized spacial score (nSPS) is 16.2. The second kappa shape index (κ2) is 5.43. The lowest BCUT2D eigenvalue weighted by Gasteiger charge is -2.26. The maximum Gasteiger partial charge on any atom is 0.253 e. The molecule has 1 aromatic rings. The van der Waals surface area contributed by atoms with Crippen LogP contribution in [0.4, 0.5) is 0 Å². The van der Waals surface area contributed by atoms with Crippen LogP contribution in [0.3, 0.4) is 0 Å². The first-order valence-corrected chi connectivity index (χ1v) is 7.33. The van der Waals surface area contributed by atoms with Crippen LogP contribution in [0, 0.1) is 0 Å². The van der Waals surface area contributed by atoms with Gasteiger partial charge in [0.2, 0.25) is 0 Å². The van der Waals surface area contributed by atoms with Gasteiger partial charge in [-0.3, -0.25) is 4.79 Å². The predicted molar refractivity (Wildman–Crippen MR) is 72.4 cm³/mol. The molecule has 5 heteroatoms. The van der Waals surface area contributed by atoms with Crippen LogP contribution in [0.15, 0.2) is 22.7 Å². The number of nitrogens with zero attached hydrogens (tertiary/aromatic N) is 1. The average Bonchev–Trinajstić information content (AvgIpc) is 2.33. The summed E-state index contributed by atoms with van der Waals surface area (Å²) in [6.45, 7) is 1.67. The molecule has 1 aromatic carbocycles. The van der Waals surface area contributed by atoms with Crippen LogP contribution >= 0.6 is 39.3 Å². The molecule has 0 atom stereocenters. The van der Waals surface area contributed by atoms with Gasteiger partial charge in [0.1, 0.15) is 0 Å². The monoisotopic (exact) mass is 319 g/mol. The van der Waals surface area contributed by atoms with Crippen LogP contribution < -0.4 is 0 Å². The van der Waals surface area contributed by atoms with Crippen molar-refractivity contribution in [2.24, 2.45) is 0 Å². The standard InChI is InChI=1S/C11H11BrClNOS/c12-9-7-8(1-2-10(9)13)11(15)14-3-5-16-6-4-14/h1-2,7H,3-6H2. The van der Waals surface area contributed by atoms with Crippen molar-refractivity contribution in [3.8, 4) is 0 Å². The molecule has 1 aliphatic rings. The Bertz CT molecular complexity index is 407. The van der Waals surface area contributed by atoms with E-state index in [4.69, 9.17) is 11.6 Å². The van der Waals surface area contributed by atoms with E-state index in [9.17, 15) is 4.79 Å². The second-order valence-corrected chi connectivity index (χ2v) is 6.02. The molecule has 2 nitrogen and oxygen atoms in total. The topological polar surface area (TPSA) is 20.3 Å². The van der Waals surface area contributed by atoms with Crippen LogP contribution in [-0.2, 0) is 0 Å². The molecule has 0 N–H and O–H groups in total. The van der Waals surface area contributed by atoms with Crippen LogP contribution in [0.5, 0.6) is 0 Å². The molecule has 2 rings (SSSR count). The van der Waals surface area contributed by atoms with Gasteiger partial charge in [0.25, 0.3) is 5.91 Å². The zero-order chi connectivity index (χ0) is 11.5. The third kappa shape index (κ3) is 2.73. The van der Waals surface area contributed by atoms with E-state index in [0.717, 1.165) is 29.1 Å². The van der Waals surface area contributed by atoms with Crippen molar-refractivity contribution in [3.05, 3.63) is 33.3 Å².